The van der Waals surface area contributed by atoms with Gasteiger partial charge in [-0.3, -0.25) is 0 Å². The predicted octanol–water partition coefficient (Wildman–Crippen LogP) is -0.484. The number of nitrogens with one attached hydrogen (secondary N) is 1. The zero-order valence-electron chi connectivity index (χ0n) is 9.33. The summed E-state index contributed by atoms with van der Waals surface area (Å²) in [5.74, 6) is -0.143. The third-order valence-corrected chi connectivity index (χ3v) is 4.59. The van der Waals surface area contributed by atoms with E-state index < -0.39 is 15.9 Å². The van der Waals surface area contributed by atoms with Crippen LogP contribution in [0.25, 0.3) is 0 Å². The van der Waals surface area contributed by atoms with Gasteiger partial charge in [0.15, 0.2) is 9.84 Å². The van der Waals surface area contributed by atoms with Crippen LogP contribution in [0.1, 0.15) is 5.56 Å². The standard InChI is InChI=1S/C11H16N2O3S/c12-9-3-1-8(2-4-9)5-13-10-6-17(15,16)7-11(10)14/h1-4,10-11,13-14H,5-7,12H2/t10-,11+/m1/s1. The first-order chi connectivity index (χ1) is 7.96. The number of anilines is 1. The number of nitrogens with two attached hydrogens (primary N) is 1. The number of aliphatic hydroxyl groups excluding tert-OH is 1. The number of rotatable bonds is 3. The molecule has 0 saturated carbocycles. The minimum Gasteiger partial charge on any atom is -0.399 e. The van der Waals surface area contributed by atoms with Crippen molar-refractivity contribution in [3.8, 4) is 0 Å². The Morgan fingerprint density at radius 1 is 1.29 bits per heavy atom. The fourth-order valence-electron chi connectivity index (χ4n) is 1.91. The molecule has 0 spiro atoms. The van der Waals surface area contributed by atoms with Crippen LogP contribution in [0.15, 0.2) is 24.3 Å². The van der Waals surface area contributed by atoms with E-state index >= 15 is 0 Å². The van der Waals surface area contributed by atoms with Crippen LogP contribution in [0, 0.1) is 0 Å². The van der Waals surface area contributed by atoms with Gasteiger partial charge in [-0.1, -0.05) is 12.1 Å². The highest BCUT2D eigenvalue weighted by molar-refractivity contribution is 7.91. The van der Waals surface area contributed by atoms with Crippen molar-refractivity contribution in [3.63, 3.8) is 0 Å². The molecule has 6 heteroatoms. The molecule has 2 atom stereocenters. The summed E-state index contributed by atoms with van der Waals surface area (Å²) < 4.78 is 22.6. The van der Waals surface area contributed by atoms with Crippen molar-refractivity contribution in [2.24, 2.45) is 0 Å². The molecule has 1 aromatic carbocycles. The monoisotopic (exact) mass is 256 g/mol. The molecule has 2 rings (SSSR count). The van der Waals surface area contributed by atoms with Crippen LogP contribution in [0.2, 0.25) is 0 Å². The van der Waals surface area contributed by atoms with Gasteiger partial charge in [-0.25, -0.2) is 8.42 Å². The molecule has 17 heavy (non-hydrogen) atoms. The summed E-state index contributed by atoms with van der Waals surface area (Å²) in [6, 6.07) is 6.95. The summed E-state index contributed by atoms with van der Waals surface area (Å²) in [5, 5.41) is 12.6. The summed E-state index contributed by atoms with van der Waals surface area (Å²) in [6.45, 7) is 0.525. The van der Waals surface area contributed by atoms with E-state index in [1.807, 2.05) is 12.1 Å². The first-order valence-corrected chi connectivity index (χ1v) is 7.25. The zero-order valence-corrected chi connectivity index (χ0v) is 10.2. The summed E-state index contributed by atoms with van der Waals surface area (Å²) in [6.07, 6.45) is -0.811. The molecule has 1 saturated heterocycles. The fraction of sp³-hybridized carbons (Fsp3) is 0.455. The maximum Gasteiger partial charge on any atom is 0.154 e. The van der Waals surface area contributed by atoms with E-state index in [0.717, 1.165) is 5.56 Å². The normalized spacial score (nSPS) is 27.1. The first kappa shape index (κ1) is 12.3. The van der Waals surface area contributed by atoms with E-state index in [-0.39, 0.29) is 17.5 Å². The third-order valence-electron chi connectivity index (χ3n) is 2.87. The second-order valence-electron chi connectivity index (χ2n) is 4.37. The van der Waals surface area contributed by atoms with Crippen LogP contribution < -0.4 is 11.1 Å². The van der Waals surface area contributed by atoms with Crippen molar-refractivity contribution in [2.75, 3.05) is 17.2 Å². The van der Waals surface area contributed by atoms with E-state index in [1.54, 1.807) is 12.1 Å². The van der Waals surface area contributed by atoms with Gasteiger partial charge in [0.25, 0.3) is 0 Å². The maximum absolute atomic E-state index is 11.3. The molecule has 0 aromatic heterocycles. The van der Waals surface area contributed by atoms with E-state index in [9.17, 15) is 13.5 Å². The molecule has 5 nitrogen and oxygen atoms in total. The molecule has 1 aliphatic rings. The lowest BCUT2D eigenvalue weighted by molar-refractivity contribution is 0.165. The Labute approximate surface area is 101 Å². The van der Waals surface area contributed by atoms with Crippen LogP contribution in [0.4, 0.5) is 5.69 Å². The average molecular weight is 256 g/mol. The lowest BCUT2D eigenvalue weighted by atomic mass is 10.1. The summed E-state index contributed by atoms with van der Waals surface area (Å²) in [4.78, 5) is 0. The summed E-state index contributed by atoms with van der Waals surface area (Å²) in [5.41, 5.74) is 7.26. The van der Waals surface area contributed by atoms with Crippen molar-refractivity contribution in [1.29, 1.82) is 0 Å². The minimum absolute atomic E-state index is 0.00311. The fourth-order valence-corrected chi connectivity index (χ4v) is 3.68. The molecule has 1 aromatic rings. The molecule has 94 valence electrons. The van der Waals surface area contributed by atoms with Gasteiger partial charge in [-0.05, 0) is 17.7 Å². The maximum atomic E-state index is 11.3. The Balaban J connectivity index is 1.93. The first-order valence-electron chi connectivity index (χ1n) is 5.42. The molecule has 0 radical (unpaired) electrons. The molecular weight excluding hydrogens is 240 g/mol. The topological polar surface area (TPSA) is 92.4 Å². The molecule has 0 amide bonds. The molecular formula is C11H16N2O3S. The number of sulfone groups is 1. The number of aliphatic hydroxyl groups is 1. The van der Waals surface area contributed by atoms with Crippen molar-refractivity contribution in [3.05, 3.63) is 29.8 Å². The van der Waals surface area contributed by atoms with E-state index in [2.05, 4.69) is 5.32 Å². The zero-order chi connectivity index (χ0) is 12.5. The summed E-state index contributed by atoms with van der Waals surface area (Å²) in [7, 11) is -3.09. The molecule has 0 unspecified atom stereocenters. The van der Waals surface area contributed by atoms with Gasteiger partial charge in [-0.15, -0.1) is 0 Å². The largest absolute Gasteiger partial charge is 0.399 e. The van der Waals surface area contributed by atoms with Crippen LogP contribution in [0.5, 0.6) is 0 Å². The van der Waals surface area contributed by atoms with Crippen molar-refractivity contribution < 1.29 is 13.5 Å². The Kier molecular flexibility index (Phi) is 3.37. The van der Waals surface area contributed by atoms with Crippen molar-refractivity contribution >= 4 is 15.5 Å². The minimum atomic E-state index is -3.09. The van der Waals surface area contributed by atoms with Crippen LogP contribution in [-0.4, -0.2) is 37.2 Å². The van der Waals surface area contributed by atoms with Crippen LogP contribution >= 0.6 is 0 Å². The summed E-state index contributed by atoms with van der Waals surface area (Å²) >= 11 is 0. The van der Waals surface area contributed by atoms with Gasteiger partial charge in [0, 0.05) is 18.3 Å². The smallest absolute Gasteiger partial charge is 0.154 e. The van der Waals surface area contributed by atoms with Gasteiger partial charge in [0.2, 0.25) is 0 Å². The quantitative estimate of drug-likeness (QED) is 0.635. The van der Waals surface area contributed by atoms with Gasteiger partial charge in [0.05, 0.1) is 17.6 Å². The number of nitrogen functional groups attached to an aromatic ring is 1. The lowest BCUT2D eigenvalue weighted by Gasteiger charge is -2.14. The highest BCUT2D eigenvalue weighted by Crippen LogP contribution is 2.13. The average Bonchev–Trinajstić information content (AvgIpc) is 2.51. The van der Waals surface area contributed by atoms with Crippen LogP contribution in [0.3, 0.4) is 0 Å². The number of hydrogen-bond acceptors (Lipinski definition) is 5. The van der Waals surface area contributed by atoms with Gasteiger partial charge in [-0.2, -0.15) is 0 Å². The predicted molar refractivity (Wildman–Crippen MR) is 66.1 cm³/mol. The van der Waals surface area contributed by atoms with Crippen LogP contribution in [-0.2, 0) is 16.4 Å². The second kappa shape index (κ2) is 4.64. The highest BCUT2D eigenvalue weighted by atomic mass is 32.2. The van der Waals surface area contributed by atoms with E-state index in [0.29, 0.717) is 12.2 Å². The second-order valence-corrected chi connectivity index (χ2v) is 6.53. The number of hydrogen-bond donors (Lipinski definition) is 3. The van der Waals surface area contributed by atoms with Gasteiger partial charge < -0.3 is 16.2 Å². The molecule has 1 heterocycles. The Bertz CT molecular complexity index is 484. The molecule has 1 fully saturated rings. The Morgan fingerprint density at radius 2 is 1.94 bits per heavy atom. The lowest BCUT2D eigenvalue weighted by Crippen LogP contribution is -2.38. The van der Waals surface area contributed by atoms with E-state index in [4.69, 9.17) is 5.73 Å². The van der Waals surface area contributed by atoms with Crippen molar-refractivity contribution in [2.45, 2.75) is 18.7 Å². The van der Waals surface area contributed by atoms with Gasteiger partial charge >= 0.3 is 0 Å². The van der Waals surface area contributed by atoms with Gasteiger partial charge in [0.1, 0.15) is 0 Å². The molecule has 1 aliphatic heterocycles. The Hall–Kier alpha value is -1.11. The van der Waals surface area contributed by atoms with E-state index in [1.165, 1.54) is 0 Å². The molecule has 0 aliphatic carbocycles. The molecule has 0 bridgehead atoms. The third kappa shape index (κ3) is 3.18. The molecule has 4 N–H and O–H groups in total. The van der Waals surface area contributed by atoms with Crippen molar-refractivity contribution in [1.82, 2.24) is 5.32 Å². The SMILES string of the molecule is Nc1ccc(CN[C@@H]2CS(=O)(=O)C[C@@H]2O)cc1. The number of benzene rings is 1. The Morgan fingerprint density at radius 3 is 2.47 bits per heavy atom. The highest BCUT2D eigenvalue weighted by Gasteiger charge is 2.35.